The molecule has 1 aromatic rings. The summed E-state index contributed by atoms with van der Waals surface area (Å²) < 4.78 is 33.0. The van der Waals surface area contributed by atoms with Gasteiger partial charge >= 0.3 is 5.97 Å². The van der Waals surface area contributed by atoms with Gasteiger partial charge in [-0.1, -0.05) is 18.2 Å². The zero-order valence-electron chi connectivity index (χ0n) is 16.3. The van der Waals surface area contributed by atoms with Gasteiger partial charge in [0.1, 0.15) is 6.04 Å². The summed E-state index contributed by atoms with van der Waals surface area (Å²) in [5.74, 6) is -0.305. The smallest absolute Gasteiger partial charge is 0.310 e. The van der Waals surface area contributed by atoms with Crippen LogP contribution in [0.2, 0.25) is 0 Å². The minimum Gasteiger partial charge on any atom is -0.466 e. The molecule has 2 atom stereocenters. The number of sulfonamides is 1. The number of benzene rings is 1. The second-order valence-electron chi connectivity index (χ2n) is 6.64. The van der Waals surface area contributed by atoms with Gasteiger partial charge in [0, 0.05) is 13.1 Å². The Labute approximate surface area is 171 Å². The molecule has 1 heterocycles. The SMILES string of the molecule is CCOC(=O)C1CCCN(C(=O)C(CCSC)NS(=O)(=O)c2ccccc2)C1. The molecule has 1 N–H and O–H groups in total. The van der Waals surface area contributed by atoms with Gasteiger partial charge in [0.2, 0.25) is 15.9 Å². The summed E-state index contributed by atoms with van der Waals surface area (Å²) in [6.07, 6.45) is 3.65. The summed E-state index contributed by atoms with van der Waals surface area (Å²) in [7, 11) is -3.81. The second-order valence-corrected chi connectivity index (χ2v) is 9.34. The van der Waals surface area contributed by atoms with E-state index >= 15 is 0 Å². The van der Waals surface area contributed by atoms with Crippen LogP contribution in [0, 0.1) is 5.92 Å². The summed E-state index contributed by atoms with van der Waals surface area (Å²) in [6, 6.07) is 7.15. The molecule has 0 radical (unpaired) electrons. The van der Waals surface area contributed by atoms with E-state index in [1.54, 1.807) is 41.8 Å². The van der Waals surface area contributed by atoms with Gasteiger partial charge < -0.3 is 9.64 Å². The van der Waals surface area contributed by atoms with E-state index in [2.05, 4.69) is 4.72 Å². The number of hydrogen-bond donors (Lipinski definition) is 1. The summed E-state index contributed by atoms with van der Waals surface area (Å²) in [5, 5.41) is 0. The lowest BCUT2D eigenvalue weighted by Crippen LogP contribution is -2.52. The number of amides is 1. The average molecular weight is 429 g/mol. The monoisotopic (exact) mass is 428 g/mol. The molecular weight excluding hydrogens is 400 g/mol. The average Bonchev–Trinajstić information content (AvgIpc) is 2.71. The molecule has 1 amide bonds. The molecule has 0 bridgehead atoms. The normalized spacial score (nSPS) is 18.5. The Bertz CT molecular complexity index is 755. The van der Waals surface area contributed by atoms with E-state index in [9.17, 15) is 18.0 Å². The van der Waals surface area contributed by atoms with Crippen molar-refractivity contribution in [2.24, 2.45) is 5.92 Å². The largest absolute Gasteiger partial charge is 0.466 e. The van der Waals surface area contributed by atoms with Gasteiger partial charge in [-0.3, -0.25) is 9.59 Å². The Morgan fingerprint density at radius 3 is 2.68 bits per heavy atom. The molecule has 1 aliphatic heterocycles. The van der Waals surface area contributed by atoms with Crippen LogP contribution in [0.5, 0.6) is 0 Å². The Morgan fingerprint density at radius 1 is 1.32 bits per heavy atom. The van der Waals surface area contributed by atoms with Crippen LogP contribution in [0.3, 0.4) is 0 Å². The number of likely N-dealkylation sites (tertiary alicyclic amines) is 1. The van der Waals surface area contributed by atoms with E-state index in [1.165, 1.54) is 12.1 Å². The van der Waals surface area contributed by atoms with Gasteiger partial charge in [-0.25, -0.2) is 8.42 Å². The maximum absolute atomic E-state index is 13.1. The van der Waals surface area contributed by atoms with E-state index < -0.39 is 16.1 Å². The van der Waals surface area contributed by atoms with Crippen molar-refractivity contribution in [3.8, 4) is 0 Å². The molecule has 1 aromatic carbocycles. The highest BCUT2D eigenvalue weighted by Crippen LogP contribution is 2.20. The Hall–Kier alpha value is -1.58. The number of carbonyl (C=O) groups is 2. The zero-order valence-corrected chi connectivity index (χ0v) is 17.9. The molecule has 0 aromatic heterocycles. The molecular formula is C19H28N2O5S2. The van der Waals surface area contributed by atoms with Crippen molar-refractivity contribution in [2.45, 2.75) is 37.1 Å². The van der Waals surface area contributed by atoms with Gasteiger partial charge in [0.25, 0.3) is 0 Å². The van der Waals surface area contributed by atoms with Crippen LogP contribution in [0.4, 0.5) is 0 Å². The summed E-state index contributed by atoms with van der Waals surface area (Å²) >= 11 is 1.55. The molecule has 1 aliphatic rings. The number of ether oxygens (including phenoxy) is 1. The minimum atomic E-state index is -3.81. The van der Waals surface area contributed by atoms with Crippen LogP contribution in [0.15, 0.2) is 35.2 Å². The molecule has 1 fully saturated rings. The zero-order chi connectivity index (χ0) is 20.6. The Balaban J connectivity index is 2.13. The van der Waals surface area contributed by atoms with Crippen LogP contribution >= 0.6 is 11.8 Å². The minimum absolute atomic E-state index is 0.125. The molecule has 0 spiro atoms. The first kappa shape index (κ1) is 22.7. The number of esters is 1. The molecule has 9 heteroatoms. The molecule has 28 heavy (non-hydrogen) atoms. The highest BCUT2D eigenvalue weighted by molar-refractivity contribution is 7.98. The van der Waals surface area contributed by atoms with Crippen LogP contribution < -0.4 is 4.72 Å². The predicted molar refractivity (Wildman–Crippen MR) is 109 cm³/mol. The maximum Gasteiger partial charge on any atom is 0.310 e. The van der Waals surface area contributed by atoms with E-state index in [0.29, 0.717) is 38.2 Å². The third-order valence-corrected chi connectivity index (χ3v) is 6.74. The first-order valence-electron chi connectivity index (χ1n) is 9.40. The van der Waals surface area contributed by atoms with Crippen molar-refractivity contribution in [3.63, 3.8) is 0 Å². The third-order valence-electron chi connectivity index (χ3n) is 4.61. The quantitative estimate of drug-likeness (QED) is 0.604. The topological polar surface area (TPSA) is 92.8 Å². The van der Waals surface area contributed by atoms with Crippen LogP contribution in [-0.4, -0.2) is 62.9 Å². The molecule has 0 saturated carbocycles. The lowest BCUT2D eigenvalue weighted by Gasteiger charge is -2.34. The number of rotatable bonds is 9. The van der Waals surface area contributed by atoms with Gasteiger partial charge in [-0.15, -0.1) is 0 Å². The fourth-order valence-corrected chi connectivity index (χ4v) is 4.89. The number of nitrogens with zero attached hydrogens (tertiary/aromatic N) is 1. The molecule has 0 aliphatic carbocycles. The third kappa shape index (κ3) is 6.22. The van der Waals surface area contributed by atoms with Crippen molar-refractivity contribution >= 4 is 33.7 Å². The fourth-order valence-electron chi connectivity index (χ4n) is 3.17. The van der Waals surface area contributed by atoms with Gasteiger partial charge in [-0.2, -0.15) is 16.5 Å². The molecule has 7 nitrogen and oxygen atoms in total. The number of carbonyl (C=O) groups excluding carboxylic acids is 2. The van der Waals surface area contributed by atoms with Crippen LogP contribution in [0.25, 0.3) is 0 Å². The summed E-state index contributed by atoms with van der Waals surface area (Å²) in [6.45, 7) is 2.83. The number of hydrogen-bond acceptors (Lipinski definition) is 6. The standard InChI is InChI=1S/C19H28N2O5S2/c1-3-26-19(23)15-8-7-12-21(14-15)18(22)17(11-13-27-2)20-28(24,25)16-9-5-4-6-10-16/h4-6,9-10,15,17,20H,3,7-8,11-14H2,1-2H3. The molecule has 2 rings (SSSR count). The highest BCUT2D eigenvalue weighted by atomic mass is 32.2. The fraction of sp³-hybridized carbons (Fsp3) is 0.579. The van der Waals surface area contributed by atoms with E-state index in [1.807, 2.05) is 6.26 Å². The number of thioether (sulfide) groups is 1. The molecule has 2 unspecified atom stereocenters. The first-order valence-corrected chi connectivity index (χ1v) is 12.3. The van der Waals surface area contributed by atoms with E-state index in [4.69, 9.17) is 4.74 Å². The second kappa shape index (κ2) is 10.8. The lowest BCUT2D eigenvalue weighted by atomic mass is 9.97. The van der Waals surface area contributed by atoms with Crippen LogP contribution in [-0.2, 0) is 24.3 Å². The number of piperidine rings is 1. The lowest BCUT2D eigenvalue weighted by molar-refractivity contribution is -0.151. The van der Waals surface area contributed by atoms with Crippen molar-refractivity contribution in [3.05, 3.63) is 30.3 Å². The maximum atomic E-state index is 13.1. The van der Waals surface area contributed by atoms with Crippen molar-refractivity contribution in [1.82, 2.24) is 9.62 Å². The summed E-state index contributed by atoms with van der Waals surface area (Å²) in [4.78, 5) is 26.8. The number of nitrogens with one attached hydrogen (secondary N) is 1. The molecule has 1 saturated heterocycles. The Morgan fingerprint density at radius 2 is 2.04 bits per heavy atom. The van der Waals surface area contributed by atoms with Gasteiger partial charge in [0.15, 0.2) is 0 Å². The first-order chi connectivity index (χ1) is 13.4. The summed E-state index contributed by atoms with van der Waals surface area (Å²) in [5.41, 5.74) is 0. The van der Waals surface area contributed by atoms with Crippen LogP contribution in [0.1, 0.15) is 26.2 Å². The van der Waals surface area contributed by atoms with Crippen molar-refractivity contribution < 1.29 is 22.7 Å². The molecule has 156 valence electrons. The predicted octanol–water partition coefficient (Wildman–Crippen LogP) is 1.89. The highest BCUT2D eigenvalue weighted by Gasteiger charge is 2.34. The van der Waals surface area contributed by atoms with E-state index in [0.717, 1.165) is 0 Å². The van der Waals surface area contributed by atoms with Gasteiger partial charge in [0.05, 0.1) is 17.4 Å². The Kier molecular flexibility index (Phi) is 8.78. The van der Waals surface area contributed by atoms with Crippen molar-refractivity contribution in [2.75, 3.05) is 31.7 Å². The van der Waals surface area contributed by atoms with E-state index in [-0.39, 0.29) is 29.2 Å². The van der Waals surface area contributed by atoms with Gasteiger partial charge in [-0.05, 0) is 50.3 Å². The van der Waals surface area contributed by atoms with Crippen molar-refractivity contribution in [1.29, 1.82) is 0 Å².